The molecule has 1 fully saturated rings. The molecule has 0 unspecified atom stereocenters. The number of rotatable bonds is 4. The molecule has 1 aliphatic carbocycles. The standard InChI is InChI=1S/C22H30N4O3/c1-5-25(6-2)22(28)23-26-13-15-10-19-17(8-7-9-24(19)4)18-11-16(29-14(3)27)12-20(26)21(15)18/h11-13,17,19H,5-10H2,1-4H3,(H,23,28)/t17-,19-/m1/s1. The number of hydrogen-bond donors (Lipinski definition) is 1. The third-order valence-corrected chi connectivity index (χ3v) is 6.40. The van der Waals surface area contributed by atoms with E-state index >= 15 is 0 Å². The maximum absolute atomic E-state index is 12.7. The number of urea groups is 1. The molecule has 2 amide bonds. The molecule has 2 heterocycles. The third-order valence-electron chi connectivity index (χ3n) is 6.40. The number of likely N-dealkylation sites (tertiary alicyclic amines) is 1. The van der Waals surface area contributed by atoms with Crippen LogP contribution in [0.4, 0.5) is 4.79 Å². The van der Waals surface area contributed by atoms with Crippen LogP contribution in [0.3, 0.4) is 0 Å². The highest BCUT2D eigenvalue weighted by atomic mass is 16.5. The average Bonchev–Trinajstić information content (AvgIpc) is 3.01. The highest BCUT2D eigenvalue weighted by molar-refractivity contribution is 5.93. The van der Waals surface area contributed by atoms with Gasteiger partial charge in [-0.05, 0) is 63.9 Å². The SMILES string of the molecule is CCN(CC)C(=O)Nn1cc2c3c(cc(OC(C)=O)cc31)[C@H]1CCCN(C)[C@@H]1C2. The van der Waals surface area contributed by atoms with Crippen molar-refractivity contribution < 1.29 is 14.3 Å². The van der Waals surface area contributed by atoms with Gasteiger partial charge >= 0.3 is 12.0 Å². The molecule has 1 aromatic heterocycles. The van der Waals surface area contributed by atoms with Crippen molar-refractivity contribution in [1.29, 1.82) is 0 Å². The van der Waals surface area contributed by atoms with Crippen molar-refractivity contribution in [2.75, 3.05) is 32.1 Å². The molecule has 0 spiro atoms. The maximum Gasteiger partial charge on any atom is 0.336 e. The fourth-order valence-electron chi connectivity index (χ4n) is 5.01. The molecule has 2 aromatic rings. The fraction of sp³-hybridized carbons (Fsp3) is 0.545. The molecule has 1 saturated heterocycles. The van der Waals surface area contributed by atoms with E-state index in [0.717, 1.165) is 31.3 Å². The van der Waals surface area contributed by atoms with E-state index in [-0.39, 0.29) is 12.0 Å². The van der Waals surface area contributed by atoms with Crippen LogP contribution in [0.15, 0.2) is 18.3 Å². The lowest BCUT2D eigenvalue weighted by Gasteiger charge is -2.42. The van der Waals surface area contributed by atoms with E-state index in [0.29, 0.717) is 30.8 Å². The maximum atomic E-state index is 12.7. The second-order valence-electron chi connectivity index (χ2n) is 8.11. The van der Waals surface area contributed by atoms with Crippen molar-refractivity contribution in [3.05, 3.63) is 29.5 Å². The molecule has 0 radical (unpaired) electrons. The molecule has 1 aromatic carbocycles. The van der Waals surface area contributed by atoms with Gasteiger partial charge in [-0.25, -0.2) is 10.2 Å². The highest BCUT2D eigenvalue weighted by Crippen LogP contribution is 2.45. The zero-order chi connectivity index (χ0) is 20.7. The summed E-state index contributed by atoms with van der Waals surface area (Å²) in [6.45, 7) is 7.74. The summed E-state index contributed by atoms with van der Waals surface area (Å²) in [7, 11) is 2.19. The summed E-state index contributed by atoms with van der Waals surface area (Å²) in [4.78, 5) is 28.5. The van der Waals surface area contributed by atoms with E-state index in [1.54, 1.807) is 9.58 Å². The van der Waals surface area contributed by atoms with Crippen molar-refractivity contribution in [2.24, 2.45) is 0 Å². The molecule has 7 heteroatoms. The Morgan fingerprint density at radius 1 is 1.28 bits per heavy atom. The van der Waals surface area contributed by atoms with Crippen LogP contribution >= 0.6 is 0 Å². The molecular weight excluding hydrogens is 368 g/mol. The number of piperidine rings is 1. The van der Waals surface area contributed by atoms with Crippen LogP contribution in [0.2, 0.25) is 0 Å². The molecule has 1 aliphatic heterocycles. The smallest absolute Gasteiger partial charge is 0.336 e. The van der Waals surface area contributed by atoms with Crippen LogP contribution in [0, 0.1) is 0 Å². The first-order valence-electron chi connectivity index (χ1n) is 10.5. The van der Waals surface area contributed by atoms with Gasteiger partial charge in [0.2, 0.25) is 0 Å². The Kier molecular flexibility index (Phi) is 5.25. The van der Waals surface area contributed by atoms with Crippen molar-refractivity contribution >= 4 is 22.9 Å². The Hall–Kier alpha value is -2.54. The summed E-state index contributed by atoms with van der Waals surface area (Å²) in [6.07, 6.45) is 5.28. The zero-order valence-corrected chi connectivity index (χ0v) is 17.7. The quantitative estimate of drug-likeness (QED) is 0.634. The molecule has 0 saturated carbocycles. The lowest BCUT2D eigenvalue weighted by molar-refractivity contribution is -0.131. The number of carbonyl (C=O) groups excluding carboxylic acids is 2. The average molecular weight is 399 g/mol. The summed E-state index contributed by atoms with van der Waals surface area (Å²) in [5, 5.41) is 1.19. The van der Waals surface area contributed by atoms with Crippen molar-refractivity contribution in [3.63, 3.8) is 0 Å². The number of aromatic nitrogens is 1. The predicted molar refractivity (Wildman–Crippen MR) is 113 cm³/mol. The normalized spacial score (nSPS) is 21.0. The van der Waals surface area contributed by atoms with Gasteiger partial charge in [-0.1, -0.05) is 0 Å². The van der Waals surface area contributed by atoms with Gasteiger partial charge in [-0.2, -0.15) is 0 Å². The number of hydrogen-bond acceptors (Lipinski definition) is 4. The molecule has 7 nitrogen and oxygen atoms in total. The van der Waals surface area contributed by atoms with E-state index in [9.17, 15) is 9.59 Å². The number of likely N-dealkylation sites (N-methyl/N-ethyl adjacent to an activating group) is 1. The van der Waals surface area contributed by atoms with Crippen molar-refractivity contribution in [2.45, 2.75) is 52.0 Å². The second-order valence-corrected chi connectivity index (χ2v) is 8.11. The van der Waals surface area contributed by atoms with E-state index in [1.165, 1.54) is 23.4 Å². The lowest BCUT2D eigenvalue weighted by Crippen LogP contribution is -2.44. The number of amides is 2. The van der Waals surface area contributed by atoms with E-state index in [4.69, 9.17) is 4.74 Å². The molecule has 1 N–H and O–H groups in total. The number of ether oxygens (including phenoxy) is 1. The summed E-state index contributed by atoms with van der Waals surface area (Å²) in [6, 6.07) is 4.19. The topological polar surface area (TPSA) is 66.8 Å². The third kappa shape index (κ3) is 3.48. The lowest BCUT2D eigenvalue weighted by atomic mass is 9.75. The molecular formula is C22H30N4O3. The zero-order valence-electron chi connectivity index (χ0n) is 17.7. The van der Waals surface area contributed by atoms with E-state index in [1.807, 2.05) is 32.2 Å². The Labute approximate surface area is 171 Å². The Bertz CT molecular complexity index is 947. The number of carbonyl (C=O) groups is 2. The van der Waals surface area contributed by atoms with Crippen LogP contribution in [0.1, 0.15) is 50.7 Å². The molecule has 4 rings (SSSR count). The number of esters is 1. The second kappa shape index (κ2) is 7.71. The van der Waals surface area contributed by atoms with Crippen LogP contribution < -0.4 is 10.2 Å². The summed E-state index contributed by atoms with van der Waals surface area (Å²) in [5.41, 5.74) is 6.37. The van der Waals surface area contributed by atoms with Gasteiger partial charge < -0.3 is 14.5 Å². The van der Waals surface area contributed by atoms with Gasteiger partial charge in [0.1, 0.15) is 5.75 Å². The van der Waals surface area contributed by atoms with Gasteiger partial charge in [-0.3, -0.25) is 9.47 Å². The van der Waals surface area contributed by atoms with Crippen molar-refractivity contribution in [1.82, 2.24) is 14.5 Å². The number of nitrogens with one attached hydrogen (secondary N) is 1. The number of nitrogens with zero attached hydrogens (tertiary/aromatic N) is 3. The monoisotopic (exact) mass is 398 g/mol. The molecule has 2 aliphatic rings. The predicted octanol–water partition coefficient (Wildman–Crippen LogP) is 3.31. The fourth-order valence-corrected chi connectivity index (χ4v) is 5.01. The van der Waals surface area contributed by atoms with E-state index < -0.39 is 0 Å². The Morgan fingerprint density at radius 2 is 2.03 bits per heavy atom. The highest BCUT2D eigenvalue weighted by Gasteiger charge is 2.37. The minimum absolute atomic E-state index is 0.133. The van der Waals surface area contributed by atoms with Gasteiger partial charge in [-0.15, -0.1) is 0 Å². The van der Waals surface area contributed by atoms with Gasteiger partial charge in [0.25, 0.3) is 0 Å². The Balaban J connectivity index is 1.82. The van der Waals surface area contributed by atoms with Crippen LogP contribution in [0.5, 0.6) is 5.75 Å². The first-order chi connectivity index (χ1) is 13.9. The van der Waals surface area contributed by atoms with Gasteiger partial charge in [0, 0.05) is 49.6 Å². The summed E-state index contributed by atoms with van der Waals surface area (Å²) >= 11 is 0. The summed E-state index contributed by atoms with van der Waals surface area (Å²) < 4.78 is 7.27. The van der Waals surface area contributed by atoms with Gasteiger partial charge in [0.15, 0.2) is 0 Å². The van der Waals surface area contributed by atoms with Crippen LogP contribution in [0.25, 0.3) is 10.9 Å². The first-order valence-corrected chi connectivity index (χ1v) is 10.5. The molecule has 156 valence electrons. The van der Waals surface area contributed by atoms with E-state index in [2.05, 4.69) is 17.4 Å². The van der Waals surface area contributed by atoms with Crippen molar-refractivity contribution in [3.8, 4) is 5.75 Å². The molecule has 29 heavy (non-hydrogen) atoms. The Morgan fingerprint density at radius 3 is 2.72 bits per heavy atom. The first kappa shape index (κ1) is 19.8. The van der Waals surface area contributed by atoms with Gasteiger partial charge in [0.05, 0.1) is 5.52 Å². The van der Waals surface area contributed by atoms with Crippen LogP contribution in [-0.2, 0) is 11.2 Å². The minimum Gasteiger partial charge on any atom is -0.427 e. The molecule has 2 atom stereocenters. The number of fused-ring (bicyclic) bond motifs is 2. The summed E-state index contributed by atoms with van der Waals surface area (Å²) in [5.74, 6) is 0.612. The number of benzene rings is 1. The minimum atomic E-state index is -0.338. The van der Waals surface area contributed by atoms with Crippen LogP contribution in [-0.4, -0.2) is 59.2 Å². The molecule has 0 bridgehead atoms. The largest absolute Gasteiger partial charge is 0.427 e.